The predicted molar refractivity (Wildman–Crippen MR) is 88.5 cm³/mol. The number of rotatable bonds is 4. The molecule has 2 amide bonds. The Morgan fingerprint density at radius 2 is 2.23 bits per heavy atom. The molecule has 1 aromatic rings. The fourth-order valence-corrected chi connectivity index (χ4v) is 3.12. The van der Waals surface area contributed by atoms with E-state index in [1.165, 1.54) is 0 Å². The molecule has 7 heteroatoms. The fourth-order valence-electron chi connectivity index (χ4n) is 1.82. The molecule has 1 heterocycles. The molecule has 0 bridgehead atoms. The number of phenolic OH excluding ortho intramolecular Hbond substituents is 1. The van der Waals surface area contributed by atoms with Crippen molar-refractivity contribution in [3.05, 3.63) is 27.1 Å². The van der Waals surface area contributed by atoms with E-state index in [4.69, 9.17) is 11.2 Å². The third-order valence-corrected chi connectivity index (χ3v) is 4.28. The number of amides is 2. The summed E-state index contributed by atoms with van der Waals surface area (Å²) in [5.74, 6) is 2.14. The van der Waals surface area contributed by atoms with E-state index in [1.54, 1.807) is 25.1 Å². The van der Waals surface area contributed by atoms with Gasteiger partial charge in [-0.05, 0) is 58.4 Å². The summed E-state index contributed by atoms with van der Waals surface area (Å²) in [6, 6.07) is 3.23. The van der Waals surface area contributed by atoms with E-state index in [0.29, 0.717) is 22.4 Å². The zero-order valence-electron chi connectivity index (χ0n) is 11.6. The zero-order valence-corrected chi connectivity index (χ0v) is 14.0. The van der Waals surface area contributed by atoms with Crippen LogP contribution < -0.4 is 4.74 Å². The number of terminal acetylenes is 1. The van der Waals surface area contributed by atoms with Gasteiger partial charge in [0.2, 0.25) is 0 Å². The Morgan fingerprint density at radius 1 is 1.50 bits per heavy atom. The average Bonchev–Trinajstić information content (AvgIpc) is 2.72. The number of thioether (sulfide) groups is 1. The number of ether oxygens (including phenoxy) is 1. The van der Waals surface area contributed by atoms with Crippen molar-refractivity contribution in [1.82, 2.24) is 4.90 Å². The Morgan fingerprint density at radius 3 is 2.86 bits per heavy atom. The second-order valence-electron chi connectivity index (χ2n) is 4.25. The number of aromatic hydroxyl groups is 1. The van der Waals surface area contributed by atoms with Crippen LogP contribution in [0.15, 0.2) is 21.5 Å². The first-order valence-corrected chi connectivity index (χ1v) is 7.93. The number of phenols is 1. The Bertz CT molecular complexity index is 708. The largest absolute Gasteiger partial charge is 0.503 e. The Kier molecular flexibility index (Phi) is 5.16. The van der Waals surface area contributed by atoms with Gasteiger partial charge in [0.15, 0.2) is 11.5 Å². The van der Waals surface area contributed by atoms with Crippen molar-refractivity contribution in [1.29, 1.82) is 0 Å². The molecule has 1 aliphatic heterocycles. The van der Waals surface area contributed by atoms with Crippen LogP contribution in [-0.2, 0) is 4.79 Å². The smallest absolute Gasteiger partial charge is 0.294 e. The number of hydrogen-bond donors (Lipinski definition) is 1. The second-order valence-corrected chi connectivity index (χ2v) is 6.10. The minimum absolute atomic E-state index is 0.0144. The van der Waals surface area contributed by atoms with Gasteiger partial charge in [-0.3, -0.25) is 14.5 Å². The second kappa shape index (κ2) is 6.90. The van der Waals surface area contributed by atoms with Crippen LogP contribution in [0.25, 0.3) is 6.08 Å². The van der Waals surface area contributed by atoms with Crippen molar-refractivity contribution in [2.45, 2.75) is 6.92 Å². The molecule has 0 spiro atoms. The summed E-state index contributed by atoms with van der Waals surface area (Å²) in [6.45, 7) is 2.14. The summed E-state index contributed by atoms with van der Waals surface area (Å²) in [4.78, 5) is 25.1. The number of nitrogens with zero attached hydrogens (tertiary/aromatic N) is 1. The third kappa shape index (κ3) is 3.29. The number of benzene rings is 1. The van der Waals surface area contributed by atoms with Gasteiger partial charge in [0.25, 0.3) is 11.1 Å². The van der Waals surface area contributed by atoms with Crippen LogP contribution in [0.5, 0.6) is 11.5 Å². The van der Waals surface area contributed by atoms with Crippen LogP contribution in [0.1, 0.15) is 12.5 Å². The first kappa shape index (κ1) is 16.5. The predicted octanol–water partition coefficient (Wildman–Crippen LogP) is 3.22. The number of imide groups is 1. The van der Waals surface area contributed by atoms with Gasteiger partial charge in [-0.1, -0.05) is 5.92 Å². The van der Waals surface area contributed by atoms with Gasteiger partial charge in [-0.15, -0.1) is 6.42 Å². The van der Waals surface area contributed by atoms with Gasteiger partial charge in [-0.25, -0.2) is 0 Å². The number of carbonyl (C=O) groups excluding carboxylic acids is 2. The van der Waals surface area contributed by atoms with E-state index < -0.39 is 11.1 Å². The van der Waals surface area contributed by atoms with Crippen molar-refractivity contribution in [2.24, 2.45) is 0 Å². The Labute approximate surface area is 140 Å². The van der Waals surface area contributed by atoms with Crippen molar-refractivity contribution >= 4 is 44.9 Å². The lowest BCUT2D eigenvalue weighted by Crippen LogP contribution is -2.28. The average molecular weight is 382 g/mol. The first-order valence-electron chi connectivity index (χ1n) is 6.32. The highest BCUT2D eigenvalue weighted by molar-refractivity contribution is 9.10. The molecule has 0 aliphatic carbocycles. The molecule has 0 radical (unpaired) electrons. The molecule has 0 aromatic heterocycles. The molecule has 0 atom stereocenters. The minimum Gasteiger partial charge on any atom is -0.503 e. The van der Waals surface area contributed by atoms with E-state index >= 15 is 0 Å². The standard InChI is InChI=1S/C15H12BrNO4S/c1-3-5-17-14(19)12(22-15(17)20)8-9-6-10(16)13(18)11(7-9)21-4-2/h1,6-8,18H,4-5H2,2H3. The van der Waals surface area contributed by atoms with E-state index in [2.05, 4.69) is 21.9 Å². The first-order chi connectivity index (χ1) is 10.5. The van der Waals surface area contributed by atoms with Gasteiger partial charge in [-0.2, -0.15) is 0 Å². The Balaban J connectivity index is 2.36. The number of carbonyl (C=O) groups is 2. The molecule has 114 valence electrons. The zero-order chi connectivity index (χ0) is 16.3. The topological polar surface area (TPSA) is 66.8 Å². The van der Waals surface area contributed by atoms with Crippen LogP contribution in [0, 0.1) is 12.3 Å². The highest BCUT2D eigenvalue weighted by Crippen LogP contribution is 2.38. The summed E-state index contributed by atoms with van der Waals surface area (Å²) < 4.78 is 5.76. The van der Waals surface area contributed by atoms with Gasteiger partial charge in [0, 0.05) is 0 Å². The highest BCUT2D eigenvalue weighted by Gasteiger charge is 2.34. The third-order valence-electron chi connectivity index (χ3n) is 2.77. The minimum atomic E-state index is -0.421. The summed E-state index contributed by atoms with van der Waals surface area (Å²) in [6.07, 6.45) is 6.71. The van der Waals surface area contributed by atoms with Gasteiger partial charge < -0.3 is 9.84 Å². The molecular formula is C15H12BrNO4S. The lowest BCUT2D eigenvalue weighted by molar-refractivity contribution is -0.122. The van der Waals surface area contributed by atoms with Gasteiger partial charge >= 0.3 is 0 Å². The maximum Gasteiger partial charge on any atom is 0.294 e. The fraction of sp³-hybridized carbons (Fsp3) is 0.200. The van der Waals surface area contributed by atoms with Crippen LogP contribution in [0.3, 0.4) is 0 Å². The molecule has 1 fully saturated rings. The van der Waals surface area contributed by atoms with Gasteiger partial charge in [0.05, 0.1) is 22.5 Å². The van der Waals surface area contributed by atoms with E-state index in [1.807, 2.05) is 0 Å². The monoisotopic (exact) mass is 381 g/mol. The maximum atomic E-state index is 12.1. The maximum absolute atomic E-state index is 12.1. The van der Waals surface area contributed by atoms with Crippen LogP contribution in [0.4, 0.5) is 4.79 Å². The quantitative estimate of drug-likeness (QED) is 0.640. The van der Waals surface area contributed by atoms with E-state index in [0.717, 1.165) is 16.7 Å². The van der Waals surface area contributed by atoms with E-state index in [9.17, 15) is 14.7 Å². The highest BCUT2D eigenvalue weighted by atomic mass is 79.9. The summed E-state index contributed by atoms with van der Waals surface area (Å²) in [7, 11) is 0. The normalized spacial score (nSPS) is 16.2. The molecular weight excluding hydrogens is 370 g/mol. The summed E-state index contributed by atoms with van der Waals surface area (Å²) in [5.41, 5.74) is 0.624. The van der Waals surface area contributed by atoms with Crippen molar-refractivity contribution < 1.29 is 19.4 Å². The molecule has 0 saturated carbocycles. The molecule has 0 unspecified atom stereocenters. The SMILES string of the molecule is C#CCN1C(=O)SC(=Cc2cc(Br)c(O)c(OCC)c2)C1=O. The molecule has 1 aliphatic rings. The molecule has 1 saturated heterocycles. The summed E-state index contributed by atoms with van der Waals surface area (Å²) >= 11 is 4.06. The van der Waals surface area contributed by atoms with Crippen molar-refractivity contribution in [2.75, 3.05) is 13.2 Å². The molecule has 22 heavy (non-hydrogen) atoms. The van der Waals surface area contributed by atoms with Crippen molar-refractivity contribution in [3.8, 4) is 23.8 Å². The lowest BCUT2D eigenvalue weighted by Gasteiger charge is -2.09. The van der Waals surface area contributed by atoms with Crippen molar-refractivity contribution in [3.63, 3.8) is 0 Å². The summed E-state index contributed by atoms with van der Waals surface area (Å²) in [5, 5.41) is 9.48. The Hall–Kier alpha value is -1.91. The van der Waals surface area contributed by atoms with Crippen LogP contribution in [-0.4, -0.2) is 34.3 Å². The molecule has 2 rings (SSSR count). The van der Waals surface area contributed by atoms with Crippen LogP contribution in [0.2, 0.25) is 0 Å². The number of hydrogen-bond acceptors (Lipinski definition) is 5. The number of halogens is 1. The molecule has 1 N–H and O–H groups in total. The molecule has 1 aromatic carbocycles. The molecule has 5 nitrogen and oxygen atoms in total. The van der Waals surface area contributed by atoms with E-state index in [-0.39, 0.29) is 17.2 Å². The van der Waals surface area contributed by atoms with Gasteiger partial charge in [0.1, 0.15) is 0 Å². The van der Waals surface area contributed by atoms with Crippen LogP contribution >= 0.6 is 27.7 Å². The lowest BCUT2D eigenvalue weighted by atomic mass is 10.2.